The zero-order chi connectivity index (χ0) is 13.0. The van der Waals surface area contributed by atoms with E-state index in [2.05, 4.69) is 51.5 Å². The number of rotatable bonds is 3. The summed E-state index contributed by atoms with van der Waals surface area (Å²) in [4.78, 5) is 0. The summed E-state index contributed by atoms with van der Waals surface area (Å²) in [6.45, 7) is 0. The maximum atomic E-state index is 4.96. The minimum Gasteiger partial charge on any atom is -0.205 e. The quantitative estimate of drug-likeness (QED) is 0.437. The van der Waals surface area contributed by atoms with E-state index >= 15 is 0 Å². The molecule has 0 bridgehead atoms. The molecule has 1 aliphatic carbocycles. The van der Waals surface area contributed by atoms with E-state index in [-0.39, 0.29) is 0 Å². The molecule has 0 aliphatic heterocycles. The summed E-state index contributed by atoms with van der Waals surface area (Å²) in [7, 11) is 6.39. The minimum atomic E-state index is 0.651. The fraction of sp³-hybridized carbons (Fsp3) is 0.562. The highest BCUT2D eigenvalue weighted by Gasteiger charge is 2.23. The van der Waals surface area contributed by atoms with Gasteiger partial charge in [-0.2, -0.15) is 0 Å². The van der Waals surface area contributed by atoms with Gasteiger partial charge < -0.3 is 0 Å². The molecule has 0 N–H and O–H groups in total. The molecule has 18 heavy (non-hydrogen) atoms. The van der Waals surface area contributed by atoms with Gasteiger partial charge in [-0.1, -0.05) is 54.7 Å². The summed E-state index contributed by atoms with van der Waals surface area (Å²) in [6.07, 6.45) is 6.70. The van der Waals surface area contributed by atoms with Crippen molar-refractivity contribution in [2.45, 2.75) is 32.1 Å². The zero-order valence-corrected chi connectivity index (χ0v) is 11.9. The van der Waals surface area contributed by atoms with Crippen LogP contribution in [0.4, 0.5) is 0 Å². The number of hydrogen-bond acceptors (Lipinski definition) is 1. The Morgan fingerprint density at radius 1 is 1.00 bits per heavy atom. The molecular formula is C16H25N2+. The first kappa shape index (κ1) is 13.3. The van der Waals surface area contributed by atoms with Crippen LogP contribution in [0.3, 0.4) is 0 Å². The summed E-state index contributed by atoms with van der Waals surface area (Å²) >= 11 is 0. The van der Waals surface area contributed by atoms with E-state index in [4.69, 9.17) is 5.10 Å². The van der Waals surface area contributed by atoms with Crippen LogP contribution in [0.25, 0.3) is 0 Å². The Labute approximate surface area is 111 Å². The smallest absolute Gasteiger partial charge is 0.106 e. The van der Waals surface area contributed by atoms with E-state index in [1.165, 1.54) is 43.4 Å². The molecule has 1 aromatic carbocycles. The second kappa shape index (κ2) is 5.66. The first-order valence-electron chi connectivity index (χ1n) is 7.03. The molecule has 0 spiro atoms. The predicted octanol–water partition coefficient (Wildman–Crippen LogP) is 3.68. The first-order chi connectivity index (χ1) is 8.56. The third-order valence-corrected chi connectivity index (χ3v) is 3.47. The van der Waals surface area contributed by atoms with E-state index < -0.39 is 0 Å². The van der Waals surface area contributed by atoms with Crippen LogP contribution in [0.2, 0.25) is 0 Å². The highest BCUT2D eigenvalue weighted by molar-refractivity contribution is 6.01. The van der Waals surface area contributed by atoms with Crippen LogP contribution >= 0.6 is 0 Å². The average Bonchev–Trinajstić information content (AvgIpc) is 2.37. The van der Waals surface area contributed by atoms with Gasteiger partial charge in [0.15, 0.2) is 0 Å². The van der Waals surface area contributed by atoms with Crippen LogP contribution in [0, 0.1) is 5.92 Å². The van der Waals surface area contributed by atoms with Crippen LogP contribution in [0.1, 0.15) is 37.7 Å². The Kier molecular flexibility index (Phi) is 4.18. The van der Waals surface area contributed by atoms with E-state index in [0.29, 0.717) is 10.5 Å². The zero-order valence-electron chi connectivity index (χ0n) is 11.9. The highest BCUT2D eigenvalue weighted by Crippen LogP contribution is 2.28. The van der Waals surface area contributed by atoms with Crippen molar-refractivity contribution >= 4 is 5.71 Å². The second-order valence-electron chi connectivity index (χ2n) is 6.13. The number of nitrogens with zero attached hydrogens (tertiary/aromatic N) is 2. The summed E-state index contributed by atoms with van der Waals surface area (Å²) in [5, 5.41) is 4.96. The molecule has 0 heterocycles. The molecule has 1 aromatic rings. The second-order valence-corrected chi connectivity index (χ2v) is 6.13. The highest BCUT2D eigenvalue weighted by atomic mass is 15.6. The van der Waals surface area contributed by atoms with Crippen LogP contribution in [-0.4, -0.2) is 31.4 Å². The Bertz CT molecular complexity index is 395. The SMILES string of the molecule is C[N+](C)(C)/N=C(/c1ccccc1)C1CCCCC1. The molecule has 0 radical (unpaired) electrons. The lowest BCUT2D eigenvalue weighted by molar-refractivity contribution is -0.877. The topological polar surface area (TPSA) is 12.4 Å². The Morgan fingerprint density at radius 2 is 1.61 bits per heavy atom. The lowest BCUT2D eigenvalue weighted by Gasteiger charge is -2.26. The van der Waals surface area contributed by atoms with Gasteiger partial charge in [-0.25, -0.2) is 4.59 Å². The molecule has 98 valence electrons. The van der Waals surface area contributed by atoms with Crippen molar-refractivity contribution in [1.82, 2.24) is 0 Å². The van der Waals surface area contributed by atoms with Gasteiger partial charge in [0.25, 0.3) is 0 Å². The van der Waals surface area contributed by atoms with Gasteiger partial charge in [-0.05, 0) is 12.8 Å². The van der Waals surface area contributed by atoms with Gasteiger partial charge in [0, 0.05) is 11.5 Å². The fourth-order valence-corrected chi connectivity index (χ4v) is 2.68. The summed E-state index contributed by atoms with van der Waals surface area (Å²) in [6, 6.07) is 10.7. The molecule has 2 nitrogen and oxygen atoms in total. The Balaban J connectivity index is 2.31. The number of benzene rings is 1. The van der Waals surface area contributed by atoms with Crippen molar-refractivity contribution in [3.63, 3.8) is 0 Å². The molecule has 0 amide bonds. The molecule has 1 fully saturated rings. The lowest BCUT2D eigenvalue weighted by atomic mass is 9.83. The maximum absolute atomic E-state index is 4.96. The van der Waals surface area contributed by atoms with Crippen LogP contribution in [0.5, 0.6) is 0 Å². The van der Waals surface area contributed by atoms with Crippen LogP contribution in [0.15, 0.2) is 35.4 Å². The molecular weight excluding hydrogens is 220 g/mol. The molecule has 1 aliphatic rings. The largest absolute Gasteiger partial charge is 0.205 e. The van der Waals surface area contributed by atoms with E-state index in [9.17, 15) is 0 Å². The fourth-order valence-electron chi connectivity index (χ4n) is 2.68. The Hall–Kier alpha value is -1.15. The van der Waals surface area contributed by atoms with Gasteiger partial charge in [0.2, 0.25) is 0 Å². The predicted molar refractivity (Wildman–Crippen MR) is 77.6 cm³/mol. The van der Waals surface area contributed by atoms with Crippen molar-refractivity contribution in [1.29, 1.82) is 0 Å². The van der Waals surface area contributed by atoms with Gasteiger partial charge >= 0.3 is 0 Å². The standard InChI is InChI=1S/C16H25N2/c1-18(2,3)17-16(14-10-6-4-7-11-14)15-12-8-5-9-13-15/h4,6-7,10-11,15H,5,8-9,12-13H2,1-3H3/q+1/b17-16-. The summed E-state index contributed by atoms with van der Waals surface area (Å²) < 4.78 is 0.653. The lowest BCUT2D eigenvalue weighted by Crippen LogP contribution is -2.32. The average molecular weight is 245 g/mol. The molecule has 1 saturated carbocycles. The van der Waals surface area contributed by atoms with Crippen molar-refractivity contribution in [2.24, 2.45) is 11.0 Å². The van der Waals surface area contributed by atoms with Gasteiger partial charge in [0.1, 0.15) is 5.71 Å². The Morgan fingerprint density at radius 3 is 2.17 bits per heavy atom. The van der Waals surface area contributed by atoms with Crippen molar-refractivity contribution in [3.05, 3.63) is 35.9 Å². The van der Waals surface area contributed by atoms with Crippen molar-refractivity contribution in [3.8, 4) is 0 Å². The third kappa shape index (κ3) is 3.67. The molecule has 0 unspecified atom stereocenters. The minimum absolute atomic E-state index is 0.651. The van der Waals surface area contributed by atoms with E-state index in [1.54, 1.807) is 0 Å². The normalized spacial score (nSPS) is 18.9. The summed E-state index contributed by atoms with van der Waals surface area (Å²) in [5.74, 6) is 0.651. The van der Waals surface area contributed by atoms with Gasteiger partial charge in [-0.15, -0.1) is 0 Å². The maximum Gasteiger partial charge on any atom is 0.106 e. The van der Waals surface area contributed by atoms with E-state index in [1.807, 2.05) is 0 Å². The molecule has 0 saturated heterocycles. The van der Waals surface area contributed by atoms with Crippen molar-refractivity contribution < 1.29 is 4.59 Å². The molecule has 0 atom stereocenters. The van der Waals surface area contributed by atoms with E-state index in [0.717, 1.165) is 0 Å². The van der Waals surface area contributed by atoms with Gasteiger partial charge in [0.05, 0.1) is 21.1 Å². The number of hydrogen-bond donors (Lipinski definition) is 0. The summed E-state index contributed by atoms with van der Waals surface area (Å²) in [5.41, 5.74) is 2.61. The van der Waals surface area contributed by atoms with Crippen molar-refractivity contribution in [2.75, 3.05) is 21.1 Å². The van der Waals surface area contributed by atoms with Crippen LogP contribution < -0.4 is 0 Å². The van der Waals surface area contributed by atoms with Gasteiger partial charge in [-0.3, -0.25) is 0 Å². The van der Waals surface area contributed by atoms with Crippen LogP contribution in [-0.2, 0) is 0 Å². The molecule has 2 heteroatoms. The first-order valence-corrected chi connectivity index (χ1v) is 7.03. The third-order valence-electron chi connectivity index (χ3n) is 3.47. The monoisotopic (exact) mass is 245 g/mol. The molecule has 2 rings (SSSR count). The number of quaternary nitrogens is 1. The molecule has 0 aromatic heterocycles.